The van der Waals surface area contributed by atoms with Gasteiger partial charge >= 0.3 is 0 Å². The third-order valence-electron chi connectivity index (χ3n) is 2.12. The van der Waals surface area contributed by atoms with Gasteiger partial charge in [0.25, 0.3) is 0 Å². The van der Waals surface area contributed by atoms with Gasteiger partial charge in [0.15, 0.2) is 0 Å². The molecule has 0 aromatic heterocycles. The first kappa shape index (κ1) is 11.7. The first-order chi connectivity index (χ1) is 5.91. The lowest BCUT2D eigenvalue weighted by atomic mass is 10.1. The van der Waals surface area contributed by atoms with Gasteiger partial charge < -0.3 is 4.99 Å². The zero-order valence-corrected chi connectivity index (χ0v) is 8.68. The molecule has 1 nitrogen and oxygen atoms in total. The number of hydrogen-bond acceptors (Lipinski definition) is 1. The van der Waals surface area contributed by atoms with E-state index in [0.717, 1.165) is 0 Å². The maximum atomic E-state index is 3.96. The van der Waals surface area contributed by atoms with Crippen LogP contribution in [0.3, 0.4) is 0 Å². The highest BCUT2D eigenvalue weighted by Crippen LogP contribution is 2.07. The molecular formula is C11H23N. The summed E-state index contributed by atoms with van der Waals surface area (Å²) in [4.78, 5) is 3.96. The number of unbranched alkanes of at least 4 members (excludes halogenated alkanes) is 7. The smallest absolute Gasteiger partial charge is 0.0273 e. The Morgan fingerprint density at radius 3 is 2.08 bits per heavy atom. The van der Waals surface area contributed by atoms with Crippen LogP contribution in [0, 0.1) is 0 Å². The van der Waals surface area contributed by atoms with E-state index < -0.39 is 0 Å². The number of aliphatic imine (C=N–C) groups is 1. The molecule has 72 valence electrons. The summed E-state index contributed by atoms with van der Waals surface area (Å²) in [7, 11) is 1.85. The monoisotopic (exact) mass is 169 g/mol. The van der Waals surface area contributed by atoms with E-state index in [0.29, 0.717) is 0 Å². The molecule has 12 heavy (non-hydrogen) atoms. The van der Waals surface area contributed by atoms with Crippen LogP contribution in [0.4, 0.5) is 0 Å². The molecule has 0 N–H and O–H groups in total. The second kappa shape index (κ2) is 10.7. The van der Waals surface area contributed by atoms with Crippen LogP contribution in [0.25, 0.3) is 0 Å². The van der Waals surface area contributed by atoms with Crippen LogP contribution in [-0.4, -0.2) is 13.3 Å². The summed E-state index contributed by atoms with van der Waals surface area (Å²) >= 11 is 0. The summed E-state index contributed by atoms with van der Waals surface area (Å²) in [6.07, 6.45) is 12.9. The normalized spacial score (nSPS) is 11.2. The van der Waals surface area contributed by atoms with E-state index in [2.05, 4.69) is 11.9 Å². The van der Waals surface area contributed by atoms with Gasteiger partial charge in [-0.2, -0.15) is 0 Å². The molecule has 0 fully saturated rings. The second-order valence-electron chi connectivity index (χ2n) is 3.35. The van der Waals surface area contributed by atoms with Crippen LogP contribution in [0.1, 0.15) is 58.3 Å². The highest BCUT2D eigenvalue weighted by atomic mass is 14.6. The summed E-state index contributed by atoms with van der Waals surface area (Å²) < 4.78 is 0. The molecule has 0 aliphatic heterocycles. The van der Waals surface area contributed by atoms with Crippen molar-refractivity contribution >= 4 is 6.21 Å². The molecule has 0 aliphatic rings. The fourth-order valence-electron chi connectivity index (χ4n) is 1.32. The lowest BCUT2D eigenvalue weighted by molar-refractivity contribution is 0.596. The van der Waals surface area contributed by atoms with E-state index in [4.69, 9.17) is 0 Å². The molecule has 0 bridgehead atoms. The maximum Gasteiger partial charge on any atom is 0.0273 e. The average Bonchev–Trinajstić information content (AvgIpc) is 2.10. The molecule has 0 aromatic carbocycles. The lowest BCUT2D eigenvalue weighted by Crippen LogP contribution is -1.80. The van der Waals surface area contributed by atoms with Crippen molar-refractivity contribution in [1.82, 2.24) is 0 Å². The summed E-state index contributed by atoms with van der Waals surface area (Å²) in [6, 6.07) is 0. The van der Waals surface area contributed by atoms with Crippen molar-refractivity contribution in [1.29, 1.82) is 0 Å². The van der Waals surface area contributed by atoms with Crippen LogP contribution >= 0.6 is 0 Å². The van der Waals surface area contributed by atoms with E-state index in [1.54, 1.807) is 0 Å². The Bertz CT molecular complexity index is 97.2. The van der Waals surface area contributed by atoms with Gasteiger partial charge in [-0.15, -0.1) is 0 Å². The number of nitrogens with zero attached hydrogens (tertiary/aromatic N) is 1. The van der Waals surface area contributed by atoms with E-state index in [9.17, 15) is 0 Å². The van der Waals surface area contributed by atoms with E-state index in [1.165, 1.54) is 51.4 Å². The summed E-state index contributed by atoms with van der Waals surface area (Å²) in [6.45, 7) is 2.26. The summed E-state index contributed by atoms with van der Waals surface area (Å²) in [5.41, 5.74) is 0. The fourth-order valence-corrected chi connectivity index (χ4v) is 1.32. The van der Waals surface area contributed by atoms with Crippen LogP contribution in [0.2, 0.25) is 0 Å². The molecule has 0 aromatic rings. The summed E-state index contributed by atoms with van der Waals surface area (Å²) in [5.74, 6) is 0. The summed E-state index contributed by atoms with van der Waals surface area (Å²) in [5, 5.41) is 0. The van der Waals surface area contributed by atoms with E-state index in [-0.39, 0.29) is 0 Å². The molecule has 0 radical (unpaired) electrons. The standard InChI is InChI=1S/C11H23N/c1-3-4-5-6-7-8-9-10-11-12-2/h11H,3-10H2,1-2H3. The Morgan fingerprint density at radius 2 is 1.50 bits per heavy atom. The fraction of sp³-hybridized carbons (Fsp3) is 0.909. The van der Waals surface area contributed by atoms with Crippen molar-refractivity contribution in [2.45, 2.75) is 58.3 Å². The predicted molar refractivity (Wildman–Crippen MR) is 57.0 cm³/mol. The molecule has 0 spiro atoms. The average molecular weight is 169 g/mol. The van der Waals surface area contributed by atoms with Gasteiger partial charge in [0.1, 0.15) is 0 Å². The van der Waals surface area contributed by atoms with Crippen LogP contribution < -0.4 is 0 Å². The Kier molecular flexibility index (Phi) is 10.4. The SMILES string of the molecule is CCCCCCCCCC=NC. The Balaban J connectivity index is 2.81. The molecule has 0 rings (SSSR count). The molecule has 1 heteroatoms. The van der Waals surface area contributed by atoms with Gasteiger partial charge in [0, 0.05) is 7.05 Å². The zero-order chi connectivity index (χ0) is 9.07. The molecule has 0 atom stereocenters. The molecule has 0 saturated heterocycles. The quantitative estimate of drug-likeness (QED) is 0.387. The third-order valence-corrected chi connectivity index (χ3v) is 2.12. The minimum absolute atomic E-state index is 1.17. The zero-order valence-electron chi connectivity index (χ0n) is 8.68. The van der Waals surface area contributed by atoms with Crippen molar-refractivity contribution in [3.63, 3.8) is 0 Å². The minimum Gasteiger partial charge on any atom is -0.301 e. The molecule has 0 saturated carbocycles. The van der Waals surface area contributed by atoms with Crippen molar-refractivity contribution < 1.29 is 0 Å². The van der Waals surface area contributed by atoms with Gasteiger partial charge in [-0.3, -0.25) is 0 Å². The first-order valence-electron chi connectivity index (χ1n) is 5.32. The molecule has 0 aliphatic carbocycles. The van der Waals surface area contributed by atoms with E-state index in [1.807, 2.05) is 13.3 Å². The largest absolute Gasteiger partial charge is 0.301 e. The van der Waals surface area contributed by atoms with Gasteiger partial charge in [0.05, 0.1) is 0 Å². The van der Waals surface area contributed by atoms with Crippen molar-refractivity contribution in [2.24, 2.45) is 4.99 Å². The highest BCUT2D eigenvalue weighted by Gasteiger charge is 1.88. The molecule has 0 unspecified atom stereocenters. The Morgan fingerprint density at radius 1 is 0.917 bits per heavy atom. The number of hydrogen-bond donors (Lipinski definition) is 0. The van der Waals surface area contributed by atoms with Crippen LogP contribution in [0.5, 0.6) is 0 Å². The molecule has 0 amide bonds. The molecular weight excluding hydrogens is 146 g/mol. The first-order valence-corrected chi connectivity index (χ1v) is 5.32. The van der Waals surface area contributed by atoms with Gasteiger partial charge in [-0.05, 0) is 19.1 Å². The van der Waals surface area contributed by atoms with Crippen molar-refractivity contribution in [3.05, 3.63) is 0 Å². The lowest BCUT2D eigenvalue weighted by Gasteiger charge is -1.98. The van der Waals surface area contributed by atoms with Gasteiger partial charge in [0.2, 0.25) is 0 Å². The van der Waals surface area contributed by atoms with E-state index >= 15 is 0 Å². The Hall–Kier alpha value is -0.330. The Labute approximate surface area is 77.3 Å². The van der Waals surface area contributed by atoms with Crippen LogP contribution in [0.15, 0.2) is 4.99 Å². The maximum absolute atomic E-state index is 3.96. The third kappa shape index (κ3) is 9.67. The van der Waals surface area contributed by atoms with Gasteiger partial charge in [-0.1, -0.05) is 45.4 Å². The highest BCUT2D eigenvalue weighted by molar-refractivity contribution is 5.56. The topological polar surface area (TPSA) is 12.4 Å². The predicted octanol–water partition coefficient (Wildman–Crippen LogP) is 3.83. The second-order valence-corrected chi connectivity index (χ2v) is 3.35. The van der Waals surface area contributed by atoms with Crippen molar-refractivity contribution in [2.75, 3.05) is 7.05 Å². The minimum atomic E-state index is 1.17. The van der Waals surface area contributed by atoms with Crippen molar-refractivity contribution in [3.8, 4) is 0 Å². The van der Waals surface area contributed by atoms with Gasteiger partial charge in [-0.25, -0.2) is 0 Å². The molecule has 0 heterocycles. The van der Waals surface area contributed by atoms with Crippen LogP contribution in [-0.2, 0) is 0 Å². The number of rotatable bonds is 8.